The van der Waals surface area contributed by atoms with Crippen LogP contribution in [0.25, 0.3) is 11.3 Å². The summed E-state index contributed by atoms with van der Waals surface area (Å²) in [5.74, 6) is 1.90. The third kappa shape index (κ3) is 1.84. The van der Waals surface area contributed by atoms with E-state index < -0.39 is 0 Å². The van der Waals surface area contributed by atoms with Crippen molar-refractivity contribution in [3.63, 3.8) is 0 Å². The molecule has 0 amide bonds. The zero-order valence-corrected chi connectivity index (χ0v) is 9.59. The second-order valence-corrected chi connectivity index (χ2v) is 4.34. The van der Waals surface area contributed by atoms with E-state index in [1.165, 1.54) is 6.33 Å². The van der Waals surface area contributed by atoms with Crippen LogP contribution >= 0.6 is 0 Å². The summed E-state index contributed by atoms with van der Waals surface area (Å²) in [5.41, 5.74) is 8.56. The predicted molar refractivity (Wildman–Crippen MR) is 64.2 cm³/mol. The third-order valence-corrected chi connectivity index (χ3v) is 2.98. The minimum Gasteiger partial charge on any atom is -0.383 e. The largest absolute Gasteiger partial charge is 0.383 e. The van der Waals surface area contributed by atoms with E-state index in [0.717, 1.165) is 35.5 Å². The molecule has 5 nitrogen and oxygen atoms in total. The van der Waals surface area contributed by atoms with Crippen molar-refractivity contribution < 1.29 is 0 Å². The highest BCUT2D eigenvalue weighted by molar-refractivity contribution is 5.65. The smallest absolute Gasteiger partial charge is 0.134 e. The van der Waals surface area contributed by atoms with Crippen molar-refractivity contribution in [2.75, 3.05) is 5.73 Å². The molecule has 0 bridgehead atoms. The molecule has 17 heavy (non-hydrogen) atoms. The molecule has 1 saturated carbocycles. The predicted octanol–water partition coefficient (Wildman–Crippen LogP) is 1.70. The Kier molecular flexibility index (Phi) is 2.24. The van der Waals surface area contributed by atoms with Crippen molar-refractivity contribution >= 4 is 5.82 Å². The van der Waals surface area contributed by atoms with Gasteiger partial charge in [0.05, 0.1) is 5.69 Å². The molecule has 2 aromatic rings. The summed E-state index contributed by atoms with van der Waals surface area (Å²) < 4.78 is 0. The first-order chi connectivity index (χ1) is 8.25. The fourth-order valence-corrected chi connectivity index (χ4v) is 1.78. The van der Waals surface area contributed by atoms with Crippen LogP contribution in [0.1, 0.15) is 30.1 Å². The van der Waals surface area contributed by atoms with Crippen LogP contribution in [0.4, 0.5) is 5.82 Å². The van der Waals surface area contributed by atoms with E-state index in [2.05, 4.69) is 19.9 Å². The molecule has 0 saturated heterocycles. The van der Waals surface area contributed by atoms with Gasteiger partial charge >= 0.3 is 0 Å². The average molecular weight is 227 g/mol. The van der Waals surface area contributed by atoms with Crippen LogP contribution in [-0.2, 0) is 0 Å². The lowest BCUT2D eigenvalue weighted by atomic mass is 10.1. The zero-order valence-electron chi connectivity index (χ0n) is 9.59. The molecule has 0 unspecified atom stereocenters. The molecule has 1 fully saturated rings. The Hall–Kier alpha value is -2.04. The topological polar surface area (TPSA) is 77.6 Å². The molecule has 0 radical (unpaired) electrons. The first kappa shape index (κ1) is 10.1. The van der Waals surface area contributed by atoms with Crippen molar-refractivity contribution in [2.24, 2.45) is 0 Å². The van der Waals surface area contributed by atoms with Crippen LogP contribution in [0.5, 0.6) is 0 Å². The Bertz CT molecular complexity index is 548. The fraction of sp³-hybridized carbons (Fsp3) is 0.333. The number of anilines is 1. The van der Waals surface area contributed by atoms with E-state index in [4.69, 9.17) is 5.73 Å². The lowest BCUT2D eigenvalue weighted by molar-refractivity contribution is 0.926. The molecule has 0 aromatic carbocycles. The Morgan fingerprint density at radius 1 is 1.18 bits per heavy atom. The SMILES string of the molecule is Cc1c(N)nc(C2CC2)nc1-c1cncnc1. The Morgan fingerprint density at radius 2 is 1.88 bits per heavy atom. The van der Waals surface area contributed by atoms with Crippen LogP contribution in [-0.4, -0.2) is 19.9 Å². The number of aromatic nitrogens is 4. The van der Waals surface area contributed by atoms with E-state index in [9.17, 15) is 0 Å². The molecule has 0 spiro atoms. The standard InChI is InChI=1S/C12H13N5/c1-7-10(9-4-14-6-15-5-9)16-12(8-2-3-8)17-11(7)13/h4-6,8H,2-3H2,1H3,(H2,13,16,17). The van der Waals surface area contributed by atoms with Gasteiger partial charge in [-0.3, -0.25) is 0 Å². The summed E-state index contributed by atoms with van der Waals surface area (Å²) in [4.78, 5) is 17.0. The van der Waals surface area contributed by atoms with Gasteiger partial charge < -0.3 is 5.73 Å². The fourth-order valence-electron chi connectivity index (χ4n) is 1.78. The van der Waals surface area contributed by atoms with Crippen molar-refractivity contribution in [3.8, 4) is 11.3 Å². The maximum atomic E-state index is 5.93. The van der Waals surface area contributed by atoms with E-state index in [1.54, 1.807) is 12.4 Å². The second-order valence-electron chi connectivity index (χ2n) is 4.34. The van der Waals surface area contributed by atoms with Crippen molar-refractivity contribution in [3.05, 3.63) is 30.1 Å². The number of hydrogen-bond donors (Lipinski definition) is 1. The highest BCUT2D eigenvalue weighted by atomic mass is 15.0. The summed E-state index contributed by atoms with van der Waals surface area (Å²) in [6.07, 6.45) is 7.32. The first-order valence-electron chi connectivity index (χ1n) is 5.65. The molecule has 2 aromatic heterocycles. The van der Waals surface area contributed by atoms with E-state index >= 15 is 0 Å². The van der Waals surface area contributed by atoms with Gasteiger partial charge in [0.2, 0.25) is 0 Å². The van der Waals surface area contributed by atoms with Gasteiger partial charge in [-0.25, -0.2) is 19.9 Å². The molecule has 3 rings (SSSR count). The summed E-state index contributed by atoms with van der Waals surface area (Å²) in [7, 11) is 0. The quantitative estimate of drug-likeness (QED) is 0.844. The van der Waals surface area contributed by atoms with Crippen LogP contribution < -0.4 is 5.73 Å². The van der Waals surface area contributed by atoms with Gasteiger partial charge in [0.1, 0.15) is 18.0 Å². The van der Waals surface area contributed by atoms with Crippen molar-refractivity contribution in [1.82, 2.24) is 19.9 Å². The molecule has 1 aliphatic rings. The minimum absolute atomic E-state index is 0.487. The summed E-state index contributed by atoms with van der Waals surface area (Å²) in [6.45, 7) is 1.92. The summed E-state index contributed by atoms with van der Waals surface area (Å²) in [5, 5.41) is 0. The Labute approximate surface area is 99.2 Å². The molecular weight excluding hydrogens is 214 g/mol. The van der Waals surface area contributed by atoms with Crippen LogP contribution in [0.2, 0.25) is 0 Å². The lowest BCUT2D eigenvalue weighted by Crippen LogP contribution is -2.04. The number of hydrogen-bond acceptors (Lipinski definition) is 5. The normalized spacial score (nSPS) is 14.9. The zero-order chi connectivity index (χ0) is 11.8. The molecule has 2 heterocycles. The maximum absolute atomic E-state index is 5.93. The van der Waals surface area contributed by atoms with Crippen molar-refractivity contribution in [2.45, 2.75) is 25.7 Å². The maximum Gasteiger partial charge on any atom is 0.134 e. The number of nitrogens with zero attached hydrogens (tertiary/aromatic N) is 4. The van der Waals surface area contributed by atoms with Gasteiger partial charge in [0.15, 0.2) is 0 Å². The summed E-state index contributed by atoms with van der Waals surface area (Å²) in [6, 6.07) is 0. The van der Waals surface area contributed by atoms with E-state index in [0.29, 0.717) is 11.7 Å². The highest BCUT2D eigenvalue weighted by Gasteiger charge is 2.28. The van der Waals surface area contributed by atoms with Crippen LogP contribution in [0, 0.1) is 6.92 Å². The van der Waals surface area contributed by atoms with Gasteiger partial charge in [0.25, 0.3) is 0 Å². The van der Waals surface area contributed by atoms with Crippen LogP contribution in [0.15, 0.2) is 18.7 Å². The lowest BCUT2D eigenvalue weighted by Gasteiger charge is -2.09. The van der Waals surface area contributed by atoms with Gasteiger partial charge in [0, 0.05) is 29.4 Å². The average Bonchev–Trinajstić information content (AvgIpc) is 3.18. The number of nitrogens with two attached hydrogens (primary N) is 1. The van der Waals surface area contributed by atoms with Gasteiger partial charge in [-0.1, -0.05) is 0 Å². The molecule has 0 atom stereocenters. The molecule has 1 aliphatic carbocycles. The Balaban J connectivity index is 2.14. The highest BCUT2D eigenvalue weighted by Crippen LogP contribution is 2.39. The molecule has 5 heteroatoms. The number of rotatable bonds is 2. The molecule has 2 N–H and O–H groups in total. The van der Waals surface area contributed by atoms with Crippen molar-refractivity contribution in [1.29, 1.82) is 0 Å². The van der Waals surface area contributed by atoms with E-state index in [1.807, 2.05) is 6.92 Å². The minimum atomic E-state index is 0.487. The second kappa shape index (κ2) is 3.76. The summed E-state index contributed by atoms with van der Waals surface area (Å²) >= 11 is 0. The van der Waals surface area contributed by atoms with E-state index in [-0.39, 0.29) is 0 Å². The Morgan fingerprint density at radius 3 is 2.53 bits per heavy atom. The van der Waals surface area contributed by atoms with Gasteiger partial charge in [-0.05, 0) is 19.8 Å². The van der Waals surface area contributed by atoms with Crippen LogP contribution in [0.3, 0.4) is 0 Å². The molecular formula is C12H13N5. The van der Waals surface area contributed by atoms with Gasteiger partial charge in [-0.15, -0.1) is 0 Å². The number of nitrogen functional groups attached to an aromatic ring is 1. The third-order valence-electron chi connectivity index (χ3n) is 2.98. The first-order valence-corrected chi connectivity index (χ1v) is 5.65. The molecule has 86 valence electrons. The monoisotopic (exact) mass is 227 g/mol. The van der Waals surface area contributed by atoms with Gasteiger partial charge in [-0.2, -0.15) is 0 Å². The molecule has 0 aliphatic heterocycles.